The monoisotopic (exact) mass is 1130 g/mol. The fourth-order valence-corrected chi connectivity index (χ4v) is 11.7. The van der Waals surface area contributed by atoms with Gasteiger partial charge in [-0.15, -0.1) is 0 Å². The summed E-state index contributed by atoms with van der Waals surface area (Å²) >= 11 is 0.227. The first kappa shape index (κ1) is 56.8. The Morgan fingerprint density at radius 2 is 0.974 bits per heavy atom. The molecule has 0 aliphatic carbocycles. The van der Waals surface area contributed by atoms with E-state index in [9.17, 15) is 36.0 Å². The molecule has 0 spiro atoms. The number of carbonyl (C=O) groups excluding carboxylic acids is 4. The first-order chi connectivity index (χ1) is 36.4. The smallest absolute Gasteiger partial charge is 0.339 e. The molecule has 8 rings (SSSR count). The van der Waals surface area contributed by atoms with Crippen molar-refractivity contribution in [2.45, 2.75) is 74.5 Å². The molecule has 16 nitrogen and oxygen atoms in total. The minimum absolute atomic E-state index is 0.00376. The van der Waals surface area contributed by atoms with E-state index >= 15 is 26.3 Å². The van der Waals surface area contributed by atoms with E-state index in [1.165, 1.54) is 84.3 Å². The molecule has 0 aromatic heterocycles. The van der Waals surface area contributed by atoms with Gasteiger partial charge in [0.05, 0.1) is 35.8 Å². The molecule has 4 aliphatic heterocycles. The van der Waals surface area contributed by atoms with E-state index < -0.39 is 99.9 Å². The maximum absolute atomic E-state index is 15.9. The van der Waals surface area contributed by atoms with Crippen LogP contribution < -0.4 is 19.2 Å². The molecule has 4 aromatic carbocycles. The second kappa shape index (κ2) is 23.3. The predicted octanol–water partition coefficient (Wildman–Crippen LogP) is 8.38. The molecule has 0 radical (unpaired) electrons. The number of amides is 4. The SMILES string of the molecule is CCS(=O)(=O)NC(=O)C1CCN(C(=O)/C=C/c2ccc(Sc3ccc(/C=C/C(=O)N4CCC(C(=O)NS(=O)(=O)CC)CC4)c(-c4ccc5c(c4)CCOO5)c3C(F)(F)F)c(C(F)(F)F)c2-c2ccc3c(c2)CCOO3)CC1. The molecule has 4 aromatic rings. The van der Waals surface area contributed by atoms with E-state index in [1.807, 2.05) is 9.44 Å². The van der Waals surface area contributed by atoms with Crippen molar-refractivity contribution >= 4 is 67.6 Å². The van der Waals surface area contributed by atoms with E-state index in [2.05, 4.69) is 0 Å². The van der Waals surface area contributed by atoms with Crippen molar-refractivity contribution in [3.05, 3.63) is 106 Å². The van der Waals surface area contributed by atoms with E-state index in [0.717, 1.165) is 24.3 Å². The summed E-state index contributed by atoms with van der Waals surface area (Å²) in [6.07, 6.45) is -4.98. The zero-order valence-corrected chi connectivity index (χ0v) is 43.9. The van der Waals surface area contributed by atoms with Gasteiger partial charge in [0.2, 0.25) is 43.7 Å². The standard InChI is InChI=1S/C52H52F6N4O12S3/c1-3-76(67,68)59-49(65)33-17-23-61(24-18-33)43(63)15-9-31-7-13-41(47(51(53,54)55)45(31)37-5-11-39-35(29-37)21-27-71-73-39)75-42-14-8-32(10-16-44(64)62-25-19-34(20-26-62)50(66)60-77(69,70)4-2)46(48(42)52(56,57)58)38-6-12-40-36(30-38)22-28-72-74-40/h5-16,29-30,33-34H,3-4,17-28H2,1-2H3,(H,59,65)(H,60,66)/b15-9+,16-10+. The van der Waals surface area contributed by atoms with Gasteiger partial charge in [0.25, 0.3) is 0 Å². The lowest BCUT2D eigenvalue weighted by molar-refractivity contribution is -0.215. The highest BCUT2D eigenvalue weighted by Gasteiger charge is 2.42. The van der Waals surface area contributed by atoms with Crippen LogP contribution in [0.3, 0.4) is 0 Å². The van der Waals surface area contributed by atoms with Crippen molar-refractivity contribution < 1.29 is 81.9 Å². The highest BCUT2D eigenvalue weighted by Crippen LogP contribution is 2.52. The zero-order chi connectivity index (χ0) is 55.5. The maximum atomic E-state index is 15.9. The number of fused-ring (bicyclic) bond motifs is 2. The van der Waals surface area contributed by atoms with Crippen LogP contribution in [-0.4, -0.2) is 101 Å². The number of nitrogens with zero attached hydrogens (tertiary/aromatic N) is 2. The summed E-state index contributed by atoms with van der Waals surface area (Å²) in [4.78, 5) is 74.5. The van der Waals surface area contributed by atoms with Crippen molar-refractivity contribution in [2.24, 2.45) is 11.8 Å². The number of piperidine rings is 2. The zero-order valence-electron chi connectivity index (χ0n) is 41.4. The van der Waals surface area contributed by atoms with Crippen molar-refractivity contribution in [3.63, 3.8) is 0 Å². The van der Waals surface area contributed by atoms with Crippen LogP contribution in [0.5, 0.6) is 11.5 Å². The third-order valence-electron chi connectivity index (χ3n) is 13.5. The van der Waals surface area contributed by atoms with Crippen LogP contribution >= 0.6 is 11.8 Å². The van der Waals surface area contributed by atoms with Gasteiger partial charge in [0.15, 0.2) is 11.5 Å². The fraction of sp³-hybridized carbons (Fsp3) is 0.385. The van der Waals surface area contributed by atoms with Crippen molar-refractivity contribution in [2.75, 3.05) is 50.9 Å². The molecular weight excluding hydrogens is 1080 g/mol. The van der Waals surface area contributed by atoms with Crippen LogP contribution in [0.25, 0.3) is 34.4 Å². The number of alkyl halides is 6. The lowest BCUT2D eigenvalue weighted by Crippen LogP contribution is -2.44. The first-order valence-electron chi connectivity index (χ1n) is 24.5. The Bertz CT molecular complexity index is 3030. The Balaban J connectivity index is 1.17. The molecule has 0 bridgehead atoms. The van der Waals surface area contributed by atoms with E-state index in [4.69, 9.17) is 19.6 Å². The van der Waals surface area contributed by atoms with Crippen LogP contribution in [0.4, 0.5) is 26.3 Å². The van der Waals surface area contributed by atoms with E-state index in [1.54, 1.807) is 0 Å². The Morgan fingerprint density at radius 1 is 0.597 bits per heavy atom. The lowest BCUT2D eigenvalue weighted by Gasteiger charge is -2.30. The topological polar surface area (TPSA) is 204 Å². The van der Waals surface area contributed by atoms with Crippen LogP contribution in [0.2, 0.25) is 0 Å². The van der Waals surface area contributed by atoms with E-state index in [-0.39, 0.29) is 135 Å². The molecule has 4 amide bonds. The summed E-state index contributed by atoms with van der Waals surface area (Å²) in [6.45, 7) is 3.05. The summed E-state index contributed by atoms with van der Waals surface area (Å²) in [5.74, 6) is -4.19. The molecule has 4 aliphatic rings. The second-order valence-corrected chi connectivity index (χ2v) is 23.6. The third-order valence-corrected chi connectivity index (χ3v) is 17.2. The molecule has 25 heteroatoms. The summed E-state index contributed by atoms with van der Waals surface area (Å²) in [7, 11) is -7.65. The number of likely N-dealkylation sites (tertiary alicyclic amines) is 2. The highest BCUT2D eigenvalue weighted by atomic mass is 32.2. The van der Waals surface area contributed by atoms with Crippen molar-refractivity contribution in [1.29, 1.82) is 0 Å². The largest absolute Gasteiger partial charge is 0.418 e. The first-order valence-corrected chi connectivity index (χ1v) is 28.6. The van der Waals surface area contributed by atoms with Gasteiger partial charge >= 0.3 is 12.4 Å². The van der Waals surface area contributed by atoms with Crippen LogP contribution in [0.15, 0.2) is 82.6 Å². The van der Waals surface area contributed by atoms with Gasteiger partial charge in [0, 0.05) is 95.1 Å². The molecule has 0 saturated carbocycles. The molecule has 77 heavy (non-hydrogen) atoms. The summed E-state index contributed by atoms with van der Waals surface area (Å²) in [5, 5.41) is 0. The van der Waals surface area contributed by atoms with Gasteiger partial charge in [-0.2, -0.15) is 36.1 Å². The fourth-order valence-electron chi connectivity index (χ4n) is 9.36. The Hall–Kier alpha value is -6.41. The normalized spacial score (nSPS) is 16.9. The number of rotatable bonds is 14. The van der Waals surface area contributed by atoms with Gasteiger partial charge in [-0.05, 0) is 110 Å². The lowest BCUT2D eigenvalue weighted by atomic mass is 9.91. The molecule has 2 N–H and O–H groups in total. The maximum Gasteiger partial charge on any atom is 0.418 e. The number of benzene rings is 4. The Kier molecular flexibility index (Phi) is 17.2. The molecule has 2 fully saturated rings. The van der Waals surface area contributed by atoms with Crippen LogP contribution in [-0.2, 0) is 74.2 Å². The molecule has 2 saturated heterocycles. The quantitative estimate of drug-likeness (QED) is 0.0693. The van der Waals surface area contributed by atoms with Gasteiger partial charge in [0.1, 0.15) is 0 Å². The predicted molar refractivity (Wildman–Crippen MR) is 270 cm³/mol. The Morgan fingerprint density at radius 3 is 1.32 bits per heavy atom. The summed E-state index contributed by atoms with van der Waals surface area (Å²) < 4.78 is 148. The van der Waals surface area contributed by atoms with Crippen molar-refractivity contribution in [3.8, 4) is 33.8 Å². The molecule has 4 heterocycles. The summed E-state index contributed by atoms with van der Waals surface area (Å²) in [5.41, 5.74) is -2.76. The van der Waals surface area contributed by atoms with Gasteiger partial charge in [-0.25, -0.2) is 16.8 Å². The Labute approximate surface area is 444 Å². The average Bonchev–Trinajstić information content (AvgIpc) is 3.43. The highest BCUT2D eigenvalue weighted by molar-refractivity contribution is 7.99. The average molecular weight is 1140 g/mol. The number of carbonyl (C=O) groups is 4. The second-order valence-electron chi connectivity index (χ2n) is 18.5. The minimum Gasteiger partial charge on any atom is -0.339 e. The molecule has 0 atom stereocenters. The van der Waals surface area contributed by atoms with Crippen molar-refractivity contribution in [1.82, 2.24) is 19.2 Å². The number of hydrogen-bond acceptors (Lipinski definition) is 13. The number of halogens is 6. The number of sulfonamides is 2. The molecule has 0 unspecified atom stereocenters. The third kappa shape index (κ3) is 13.5. The van der Waals surface area contributed by atoms with Crippen LogP contribution in [0.1, 0.15) is 72.9 Å². The number of nitrogens with one attached hydrogen (secondary N) is 2. The molecular formula is C52H52F6N4O12S3. The van der Waals surface area contributed by atoms with Gasteiger partial charge in [-0.3, -0.25) is 28.6 Å². The number of hydrogen-bond donors (Lipinski definition) is 2. The van der Waals surface area contributed by atoms with Crippen LogP contribution in [0, 0.1) is 11.8 Å². The summed E-state index contributed by atoms with van der Waals surface area (Å²) in [6, 6.07) is 13.0. The van der Waals surface area contributed by atoms with Gasteiger partial charge < -0.3 is 19.6 Å². The van der Waals surface area contributed by atoms with E-state index in [0.29, 0.717) is 11.1 Å². The minimum atomic E-state index is -5.22. The molecule has 412 valence electrons. The van der Waals surface area contributed by atoms with Gasteiger partial charge in [-0.1, -0.05) is 36.0 Å².